The maximum atomic E-state index is 12.9. The fraction of sp³-hybridized carbons (Fsp3) is 0.333. The molecule has 0 spiro atoms. The fourth-order valence-corrected chi connectivity index (χ4v) is 1.44. The minimum absolute atomic E-state index is 0.280. The van der Waals surface area contributed by atoms with E-state index >= 15 is 0 Å². The van der Waals surface area contributed by atoms with Crippen molar-refractivity contribution in [2.24, 2.45) is 0 Å². The lowest BCUT2D eigenvalue weighted by Gasteiger charge is -2.13. The number of hydrogen-bond donors (Lipinski definition) is 2. The van der Waals surface area contributed by atoms with Gasteiger partial charge in [0.2, 0.25) is 5.91 Å². The van der Waals surface area contributed by atoms with Crippen molar-refractivity contribution >= 4 is 11.8 Å². The molecule has 92 valence electrons. The largest absolute Gasteiger partial charge is 0.357 e. The Kier molecular flexibility index (Phi) is 4.20. The quantitative estimate of drug-likeness (QED) is 0.825. The molecule has 0 saturated heterocycles. The normalized spacial score (nSPS) is 11.8. The Labute approximate surface area is 99.2 Å². The molecule has 0 aromatic heterocycles. The number of carbonyl (C=O) groups excluding carboxylic acids is 2. The topological polar surface area (TPSA) is 58.2 Å². The van der Waals surface area contributed by atoms with Crippen LogP contribution in [0.4, 0.5) is 4.39 Å². The monoisotopic (exact) mass is 238 g/mol. The van der Waals surface area contributed by atoms with Crippen molar-refractivity contribution in [3.05, 3.63) is 35.1 Å². The highest BCUT2D eigenvalue weighted by Gasteiger charge is 2.16. The first-order chi connectivity index (χ1) is 7.95. The zero-order chi connectivity index (χ0) is 13.0. The smallest absolute Gasteiger partial charge is 0.252 e. The Morgan fingerprint density at radius 1 is 1.35 bits per heavy atom. The molecule has 4 nitrogen and oxygen atoms in total. The lowest BCUT2D eigenvalue weighted by molar-refractivity contribution is -0.122. The van der Waals surface area contributed by atoms with Gasteiger partial charge in [-0.3, -0.25) is 9.59 Å². The summed E-state index contributed by atoms with van der Waals surface area (Å²) in [6.45, 7) is 3.22. The molecule has 1 rings (SSSR count). The second-order valence-electron chi connectivity index (χ2n) is 3.77. The first-order valence-corrected chi connectivity index (χ1v) is 5.24. The van der Waals surface area contributed by atoms with Gasteiger partial charge in [0.25, 0.3) is 5.91 Å². The molecule has 0 aliphatic heterocycles. The Hall–Kier alpha value is -1.91. The van der Waals surface area contributed by atoms with Crippen LogP contribution in [0, 0.1) is 12.7 Å². The van der Waals surface area contributed by atoms with Crippen LogP contribution in [0.25, 0.3) is 0 Å². The predicted octanol–water partition coefficient (Wildman–Crippen LogP) is 0.998. The van der Waals surface area contributed by atoms with E-state index in [9.17, 15) is 14.0 Å². The third-order valence-electron chi connectivity index (χ3n) is 2.42. The summed E-state index contributed by atoms with van der Waals surface area (Å²) in [4.78, 5) is 23.0. The standard InChI is InChI=1S/C12H15FN2O2/c1-7-6-9(13)4-5-10(7)12(17)15-8(2)11(16)14-3/h4-6,8H,1-3H3,(H,14,16)(H,15,17). The third-order valence-corrected chi connectivity index (χ3v) is 2.42. The molecule has 1 aromatic carbocycles. The summed E-state index contributed by atoms with van der Waals surface area (Å²) in [5, 5.41) is 4.97. The van der Waals surface area contributed by atoms with Crippen LogP contribution in [-0.4, -0.2) is 24.9 Å². The van der Waals surface area contributed by atoms with E-state index in [0.29, 0.717) is 11.1 Å². The number of amides is 2. The van der Waals surface area contributed by atoms with Crippen LogP contribution in [-0.2, 0) is 4.79 Å². The number of carbonyl (C=O) groups is 2. The molecule has 0 aliphatic rings. The number of benzene rings is 1. The summed E-state index contributed by atoms with van der Waals surface area (Å²) in [7, 11) is 1.49. The zero-order valence-corrected chi connectivity index (χ0v) is 10.0. The van der Waals surface area contributed by atoms with Gasteiger partial charge in [0.15, 0.2) is 0 Å². The van der Waals surface area contributed by atoms with E-state index in [4.69, 9.17) is 0 Å². The summed E-state index contributed by atoms with van der Waals surface area (Å²) in [5.41, 5.74) is 0.897. The molecule has 1 aromatic rings. The average molecular weight is 238 g/mol. The Balaban J connectivity index is 2.80. The van der Waals surface area contributed by atoms with E-state index in [2.05, 4.69) is 10.6 Å². The highest BCUT2D eigenvalue weighted by atomic mass is 19.1. The van der Waals surface area contributed by atoms with Crippen molar-refractivity contribution in [1.29, 1.82) is 0 Å². The van der Waals surface area contributed by atoms with Crippen LogP contribution in [0.2, 0.25) is 0 Å². The minimum Gasteiger partial charge on any atom is -0.357 e. The van der Waals surface area contributed by atoms with Crippen molar-refractivity contribution in [3.63, 3.8) is 0 Å². The van der Waals surface area contributed by atoms with Crippen LogP contribution < -0.4 is 10.6 Å². The lowest BCUT2D eigenvalue weighted by atomic mass is 10.1. The number of nitrogens with one attached hydrogen (secondary N) is 2. The molecule has 0 radical (unpaired) electrons. The van der Waals surface area contributed by atoms with Gasteiger partial charge in [-0.25, -0.2) is 4.39 Å². The van der Waals surface area contributed by atoms with Crippen molar-refractivity contribution in [1.82, 2.24) is 10.6 Å². The second kappa shape index (κ2) is 5.43. The molecule has 5 heteroatoms. The van der Waals surface area contributed by atoms with Gasteiger partial charge in [0.1, 0.15) is 11.9 Å². The van der Waals surface area contributed by atoms with E-state index in [0.717, 1.165) is 0 Å². The van der Waals surface area contributed by atoms with Crippen molar-refractivity contribution in [2.75, 3.05) is 7.05 Å². The molecule has 0 heterocycles. The number of hydrogen-bond acceptors (Lipinski definition) is 2. The van der Waals surface area contributed by atoms with E-state index < -0.39 is 17.8 Å². The average Bonchev–Trinajstić information content (AvgIpc) is 2.27. The second-order valence-corrected chi connectivity index (χ2v) is 3.77. The first kappa shape index (κ1) is 13.2. The number of rotatable bonds is 3. The summed E-state index contributed by atoms with van der Waals surface area (Å²) in [6.07, 6.45) is 0. The summed E-state index contributed by atoms with van der Waals surface area (Å²) in [5.74, 6) is -1.06. The molecular formula is C12H15FN2O2. The van der Waals surface area contributed by atoms with Gasteiger partial charge in [-0.2, -0.15) is 0 Å². The summed E-state index contributed by atoms with van der Waals surface area (Å²) < 4.78 is 12.9. The maximum absolute atomic E-state index is 12.9. The molecule has 0 aliphatic carbocycles. The molecule has 1 unspecified atom stereocenters. The molecule has 1 atom stereocenters. The van der Waals surface area contributed by atoms with E-state index in [1.807, 2.05) is 0 Å². The van der Waals surface area contributed by atoms with Crippen LogP contribution in [0.5, 0.6) is 0 Å². The van der Waals surface area contributed by atoms with Gasteiger partial charge in [0.05, 0.1) is 0 Å². The van der Waals surface area contributed by atoms with Crippen molar-refractivity contribution < 1.29 is 14.0 Å². The van der Waals surface area contributed by atoms with E-state index in [1.165, 1.54) is 25.2 Å². The molecule has 2 amide bonds. The molecule has 17 heavy (non-hydrogen) atoms. The summed E-state index contributed by atoms with van der Waals surface area (Å²) >= 11 is 0. The van der Waals surface area contributed by atoms with Crippen LogP contribution in [0.1, 0.15) is 22.8 Å². The minimum atomic E-state index is -0.628. The molecule has 0 saturated carbocycles. The highest BCUT2D eigenvalue weighted by molar-refractivity contribution is 5.98. The van der Waals surface area contributed by atoms with E-state index in [-0.39, 0.29) is 5.91 Å². The number of halogens is 1. The number of aryl methyl sites for hydroxylation is 1. The van der Waals surface area contributed by atoms with Gasteiger partial charge in [0, 0.05) is 12.6 Å². The zero-order valence-electron chi connectivity index (χ0n) is 10.0. The third kappa shape index (κ3) is 3.27. The maximum Gasteiger partial charge on any atom is 0.252 e. The van der Waals surface area contributed by atoms with Crippen LogP contribution in [0.15, 0.2) is 18.2 Å². The molecule has 0 fully saturated rings. The Bertz CT molecular complexity index is 446. The van der Waals surface area contributed by atoms with Gasteiger partial charge in [-0.05, 0) is 37.6 Å². The lowest BCUT2D eigenvalue weighted by Crippen LogP contribution is -2.43. The van der Waals surface area contributed by atoms with E-state index in [1.54, 1.807) is 13.8 Å². The first-order valence-electron chi connectivity index (χ1n) is 5.24. The van der Waals surface area contributed by atoms with Crippen molar-refractivity contribution in [2.45, 2.75) is 19.9 Å². The van der Waals surface area contributed by atoms with Crippen LogP contribution in [0.3, 0.4) is 0 Å². The molecule has 2 N–H and O–H groups in total. The van der Waals surface area contributed by atoms with Crippen LogP contribution >= 0.6 is 0 Å². The number of likely N-dealkylation sites (N-methyl/N-ethyl adjacent to an activating group) is 1. The fourth-order valence-electron chi connectivity index (χ4n) is 1.44. The van der Waals surface area contributed by atoms with Gasteiger partial charge >= 0.3 is 0 Å². The predicted molar refractivity (Wildman–Crippen MR) is 62.1 cm³/mol. The Morgan fingerprint density at radius 3 is 2.53 bits per heavy atom. The van der Waals surface area contributed by atoms with Gasteiger partial charge < -0.3 is 10.6 Å². The highest BCUT2D eigenvalue weighted by Crippen LogP contribution is 2.10. The molecule has 0 bridgehead atoms. The summed E-state index contributed by atoms with van der Waals surface area (Å²) in [6, 6.07) is 3.26. The van der Waals surface area contributed by atoms with Crippen molar-refractivity contribution in [3.8, 4) is 0 Å². The van der Waals surface area contributed by atoms with Gasteiger partial charge in [-0.1, -0.05) is 0 Å². The SMILES string of the molecule is CNC(=O)C(C)NC(=O)c1ccc(F)cc1C. The molecular weight excluding hydrogens is 223 g/mol. The Morgan fingerprint density at radius 2 is 2.00 bits per heavy atom. The van der Waals surface area contributed by atoms with Gasteiger partial charge in [-0.15, -0.1) is 0 Å².